The van der Waals surface area contributed by atoms with Crippen LogP contribution in [0.1, 0.15) is 59.3 Å². The topological polar surface area (TPSA) is 72.5 Å². The predicted molar refractivity (Wildman–Crippen MR) is 107 cm³/mol. The van der Waals surface area contributed by atoms with Crippen molar-refractivity contribution >= 4 is 27.6 Å². The fourth-order valence-electron chi connectivity index (χ4n) is 4.17. The second kappa shape index (κ2) is 6.44. The number of allylic oxidation sites excluding steroid dienone is 1. The number of sulfone groups is 1. The zero-order chi connectivity index (χ0) is 19.6. The van der Waals surface area contributed by atoms with Crippen molar-refractivity contribution in [2.45, 2.75) is 56.6 Å². The van der Waals surface area contributed by atoms with Crippen LogP contribution in [0.15, 0.2) is 21.9 Å². The van der Waals surface area contributed by atoms with Gasteiger partial charge in [0.05, 0.1) is 16.8 Å². The summed E-state index contributed by atoms with van der Waals surface area (Å²) in [6.07, 6.45) is 4.55. The average molecular weight is 408 g/mol. The van der Waals surface area contributed by atoms with E-state index in [1.54, 1.807) is 32.0 Å². The molecule has 2 aliphatic heterocycles. The van der Waals surface area contributed by atoms with Crippen molar-refractivity contribution in [2.24, 2.45) is 5.92 Å². The van der Waals surface area contributed by atoms with Gasteiger partial charge in [0.2, 0.25) is 0 Å². The Morgan fingerprint density at radius 3 is 2.63 bits per heavy atom. The fourth-order valence-corrected chi connectivity index (χ4v) is 7.24. The Labute approximate surface area is 165 Å². The minimum atomic E-state index is -3.35. The van der Waals surface area contributed by atoms with Crippen LogP contribution in [0.5, 0.6) is 0 Å². The second-order valence-corrected chi connectivity index (χ2v) is 10.9. The van der Waals surface area contributed by atoms with Gasteiger partial charge in [-0.25, -0.2) is 13.1 Å². The Balaban J connectivity index is 1.83. The standard InChI is InChI=1S/C20H25NO4S2/c1-11-9-14(19(22)20(3)10-16(26-21-20)13-5-6-13)12(2)17-15(25-4)7-8-27(23,24)18(11)17/h9-10,13,15,21H,5-8H2,1-4H3. The van der Waals surface area contributed by atoms with E-state index in [-0.39, 0.29) is 17.6 Å². The van der Waals surface area contributed by atoms with Crippen LogP contribution < -0.4 is 4.72 Å². The molecule has 1 aromatic rings. The molecule has 3 aliphatic rings. The largest absolute Gasteiger partial charge is 0.377 e. The molecule has 7 heteroatoms. The number of fused-ring (bicyclic) bond motifs is 1. The number of benzene rings is 1. The molecule has 0 radical (unpaired) electrons. The molecule has 2 atom stereocenters. The maximum Gasteiger partial charge on any atom is 0.187 e. The van der Waals surface area contributed by atoms with Crippen molar-refractivity contribution in [2.75, 3.05) is 12.9 Å². The summed E-state index contributed by atoms with van der Waals surface area (Å²) < 4.78 is 34.2. The Morgan fingerprint density at radius 2 is 2.00 bits per heavy atom. The fraction of sp³-hybridized carbons (Fsp3) is 0.550. The molecule has 0 saturated heterocycles. The Hall–Kier alpha value is -1.15. The van der Waals surface area contributed by atoms with E-state index < -0.39 is 15.4 Å². The molecule has 1 fully saturated rings. The van der Waals surface area contributed by atoms with Crippen LogP contribution in [-0.4, -0.2) is 32.6 Å². The number of Topliss-reactive ketones (excluding diaryl/α,β-unsaturated/α-hetero) is 1. The van der Waals surface area contributed by atoms with Gasteiger partial charge in [0.25, 0.3) is 0 Å². The highest BCUT2D eigenvalue weighted by molar-refractivity contribution is 8.01. The first-order valence-corrected chi connectivity index (χ1v) is 11.8. The quantitative estimate of drug-likeness (QED) is 0.607. The summed E-state index contributed by atoms with van der Waals surface area (Å²) in [5.41, 5.74) is 1.81. The van der Waals surface area contributed by atoms with Crippen molar-refractivity contribution in [3.8, 4) is 0 Å². The highest BCUT2D eigenvalue weighted by atomic mass is 32.2. The van der Waals surface area contributed by atoms with Gasteiger partial charge in [-0.15, -0.1) is 0 Å². The molecule has 5 nitrogen and oxygen atoms in total. The second-order valence-electron chi connectivity index (χ2n) is 8.00. The minimum absolute atomic E-state index is 0.0214. The molecule has 1 N–H and O–H groups in total. The SMILES string of the molecule is COC1CCS(=O)(=O)c2c(C)cc(C(=O)C3(C)C=C(C4CC4)SN3)c(C)c21. The number of carbonyl (C=O) groups is 1. The van der Waals surface area contributed by atoms with E-state index in [9.17, 15) is 13.2 Å². The number of ether oxygens (including phenoxy) is 1. The molecule has 1 saturated carbocycles. The van der Waals surface area contributed by atoms with Gasteiger partial charge in [0, 0.05) is 23.1 Å². The summed E-state index contributed by atoms with van der Waals surface area (Å²) in [7, 11) is -1.76. The summed E-state index contributed by atoms with van der Waals surface area (Å²) in [5.74, 6) is 0.647. The number of ketones is 1. The van der Waals surface area contributed by atoms with Gasteiger partial charge in [-0.05, 0) is 81.2 Å². The number of carbonyl (C=O) groups excluding carboxylic acids is 1. The van der Waals surface area contributed by atoms with Gasteiger partial charge in [0.15, 0.2) is 15.6 Å². The molecule has 0 aromatic heterocycles. The first-order valence-electron chi connectivity index (χ1n) is 9.29. The molecular weight excluding hydrogens is 382 g/mol. The summed E-state index contributed by atoms with van der Waals surface area (Å²) in [4.78, 5) is 15.1. The van der Waals surface area contributed by atoms with Crippen LogP contribution in [0.4, 0.5) is 0 Å². The normalized spacial score (nSPS) is 29.3. The van der Waals surface area contributed by atoms with Crippen LogP contribution >= 0.6 is 11.9 Å². The molecule has 0 amide bonds. The molecular formula is C20H25NO4S2. The van der Waals surface area contributed by atoms with Gasteiger partial charge >= 0.3 is 0 Å². The third-order valence-electron chi connectivity index (χ3n) is 5.85. The van der Waals surface area contributed by atoms with Gasteiger partial charge in [-0.1, -0.05) is 0 Å². The zero-order valence-electron chi connectivity index (χ0n) is 16.1. The minimum Gasteiger partial charge on any atom is -0.377 e. The van der Waals surface area contributed by atoms with E-state index in [0.717, 1.165) is 5.56 Å². The lowest BCUT2D eigenvalue weighted by Crippen LogP contribution is -2.42. The first-order chi connectivity index (χ1) is 12.7. The van der Waals surface area contributed by atoms with Crippen LogP contribution in [0.3, 0.4) is 0 Å². The van der Waals surface area contributed by atoms with Crippen molar-refractivity contribution in [3.63, 3.8) is 0 Å². The smallest absolute Gasteiger partial charge is 0.187 e. The Kier molecular flexibility index (Phi) is 4.57. The van der Waals surface area contributed by atoms with Gasteiger partial charge in [-0.3, -0.25) is 4.79 Å². The molecule has 0 bridgehead atoms. The molecule has 27 heavy (non-hydrogen) atoms. The summed E-state index contributed by atoms with van der Waals surface area (Å²) in [5, 5.41) is 0. The zero-order valence-corrected chi connectivity index (χ0v) is 17.7. The maximum absolute atomic E-state index is 13.5. The monoisotopic (exact) mass is 407 g/mol. The lowest BCUT2D eigenvalue weighted by Gasteiger charge is -2.30. The summed E-state index contributed by atoms with van der Waals surface area (Å²) in [6.45, 7) is 5.51. The van der Waals surface area contributed by atoms with E-state index in [2.05, 4.69) is 10.8 Å². The number of methoxy groups -OCH3 is 1. The number of hydrogen-bond acceptors (Lipinski definition) is 6. The maximum atomic E-state index is 13.5. The lowest BCUT2D eigenvalue weighted by molar-refractivity contribution is 0.0911. The third-order valence-corrected chi connectivity index (χ3v) is 9.00. The highest BCUT2D eigenvalue weighted by Crippen LogP contribution is 2.47. The van der Waals surface area contributed by atoms with E-state index >= 15 is 0 Å². The molecule has 1 aromatic carbocycles. The third kappa shape index (κ3) is 3.09. The van der Waals surface area contributed by atoms with E-state index in [4.69, 9.17) is 4.74 Å². The number of hydrogen-bond donors (Lipinski definition) is 1. The number of aryl methyl sites for hydroxylation is 1. The molecule has 2 heterocycles. The van der Waals surface area contributed by atoms with Crippen molar-refractivity contribution in [3.05, 3.63) is 39.3 Å². The van der Waals surface area contributed by atoms with E-state index in [0.29, 0.717) is 33.9 Å². The lowest BCUT2D eigenvalue weighted by atomic mass is 9.85. The molecule has 146 valence electrons. The Morgan fingerprint density at radius 1 is 1.30 bits per heavy atom. The van der Waals surface area contributed by atoms with Gasteiger partial charge in [0.1, 0.15) is 5.54 Å². The summed E-state index contributed by atoms with van der Waals surface area (Å²) in [6, 6.07) is 1.74. The first kappa shape index (κ1) is 19.2. The molecule has 1 aliphatic carbocycles. The van der Waals surface area contributed by atoms with Gasteiger partial charge in [-0.2, -0.15) is 0 Å². The molecule has 0 spiro atoms. The van der Waals surface area contributed by atoms with Crippen molar-refractivity contribution in [1.29, 1.82) is 0 Å². The van der Waals surface area contributed by atoms with Crippen molar-refractivity contribution in [1.82, 2.24) is 4.72 Å². The van der Waals surface area contributed by atoms with Crippen LogP contribution in [0.25, 0.3) is 0 Å². The van der Waals surface area contributed by atoms with Crippen LogP contribution in [0, 0.1) is 19.8 Å². The van der Waals surface area contributed by atoms with Crippen LogP contribution in [0.2, 0.25) is 0 Å². The van der Waals surface area contributed by atoms with Crippen LogP contribution in [-0.2, 0) is 14.6 Å². The Bertz CT molecular complexity index is 963. The molecule has 4 rings (SSSR count). The van der Waals surface area contributed by atoms with Gasteiger partial charge < -0.3 is 4.74 Å². The highest BCUT2D eigenvalue weighted by Gasteiger charge is 2.42. The average Bonchev–Trinajstić information content (AvgIpc) is 3.39. The van der Waals surface area contributed by atoms with E-state index in [1.807, 2.05) is 13.8 Å². The van der Waals surface area contributed by atoms with Crippen molar-refractivity contribution < 1.29 is 17.9 Å². The number of nitrogens with one attached hydrogen (secondary N) is 1. The predicted octanol–water partition coefficient (Wildman–Crippen LogP) is 3.66. The summed E-state index contributed by atoms with van der Waals surface area (Å²) >= 11 is 1.56. The molecule has 2 unspecified atom stereocenters. The number of rotatable bonds is 4. The van der Waals surface area contributed by atoms with E-state index in [1.165, 1.54) is 17.7 Å².